The zero-order valence-corrected chi connectivity index (χ0v) is 18.5. The van der Waals surface area contributed by atoms with E-state index in [-0.39, 0.29) is 11.8 Å². The van der Waals surface area contributed by atoms with Crippen molar-refractivity contribution in [2.45, 2.75) is 12.8 Å². The standard InChI is InChI=1S/C23H28N6O2/c1-15(18-8-6-16(23(30)24-2)10-20(18)31-5)12-25-21-11-19(27-14-28-21)17-7-9-22(26-13-17)29(3)4/h6-11,13-15H,12H2,1-5H3,(H,24,30)(H,25,27,28)/t15-/m1/s1. The molecule has 0 bridgehead atoms. The summed E-state index contributed by atoms with van der Waals surface area (Å²) >= 11 is 0. The minimum absolute atomic E-state index is 0.133. The van der Waals surface area contributed by atoms with Crippen LogP contribution in [-0.4, -0.2) is 55.7 Å². The number of carbonyl (C=O) groups excluding carboxylic acids is 1. The number of ether oxygens (including phenoxy) is 1. The number of methoxy groups -OCH3 is 1. The van der Waals surface area contributed by atoms with Gasteiger partial charge >= 0.3 is 0 Å². The summed E-state index contributed by atoms with van der Waals surface area (Å²) in [5, 5.41) is 6.00. The van der Waals surface area contributed by atoms with Gasteiger partial charge in [-0.1, -0.05) is 13.0 Å². The number of carbonyl (C=O) groups is 1. The van der Waals surface area contributed by atoms with Gasteiger partial charge in [-0.3, -0.25) is 4.79 Å². The minimum atomic E-state index is -0.141. The molecule has 0 spiro atoms. The summed E-state index contributed by atoms with van der Waals surface area (Å²) in [7, 11) is 7.13. The van der Waals surface area contributed by atoms with E-state index in [0.29, 0.717) is 17.9 Å². The van der Waals surface area contributed by atoms with Crippen molar-refractivity contribution in [1.29, 1.82) is 0 Å². The number of benzene rings is 1. The third-order valence-electron chi connectivity index (χ3n) is 5.01. The zero-order chi connectivity index (χ0) is 22.4. The smallest absolute Gasteiger partial charge is 0.251 e. The largest absolute Gasteiger partial charge is 0.496 e. The molecule has 162 valence electrons. The van der Waals surface area contributed by atoms with Gasteiger partial charge in [0.15, 0.2) is 0 Å². The minimum Gasteiger partial charge on any atom is -0.496 e. The van der Waals surface area contributed by atoms with Gasteiger partial charge < -0.3 is 20.3 Å². The monoisotopic (exact) mass is 420 g/mol. The molecular weight excluding hydrogens is 392 g/mol. The van der Waals surface area contributed by atoms with Crippen molar-refractivity contribution in [2.24, 2.45) is 0 Å². The molecule has 2 heterocycles. The zero-order valence-electron chi connectivity index (χ0n) is 18.5. The highest BCUT2D eigenvalue weighted by atomic mass is 16.5. The van der Waals surface area contributed by atoms with Crippen LogP contribution in [-0.2, 0) is 0 Å². The van der Waals surface area contributed by atoms with Crippen LogP contribution in [0.15, 0.2) is 48.9 Å². The number of anilines is 2. The van der Waals surface area contributed by atoms with Crippen LogP contribution in [0, 0.1) is 0 Å². The number of nitrogens with one attached hydrogen (secondary N) is 2. The first kappa shape index (κ1) is 22.0. The highest BCUT2D eigenvalue weighted by Gasteiger charge is 2.15. The van der Waals surface area contributed by atoms with Crippen LogP contribution in [0.1, 0.15) is 28.8 Å². The van der Waals surface area contributed by atoms with Gasteiger partial charge in [-0.25, -0.2) is 15.0 Å². The lowest BCUT2D eigenvalue weighted by Gasteiger charge is -2.17. The van der Waals surface area contributed by atoms with Gasteiger partial charge in [0.25, 0.3) is 5.91 Å². The molecule has 2 aromatic heterocycles. The molecule has 31 heavy (non-hydrogen) atoms. The molecule has 1 amide bonds. The second kappa shape index (κ2) is 9.88. The molecule has 0 radical (unpaired) electrons. The molecule has 0 fully saturated rings. The lowest BCUT2D eigenvalue weighted by molar-refractivity contribution is 0.0962. The second-order valence-corrected chi connectivity index (χ2v) is 7.41. The molecule has 1 aromatic carbocycles. The summed E-state index contributed by atoms with van der Waals surface area (Å²) in [6.07, 6.45) is 3.35. The Balaban J connectivity index is 1.71. The van der Waals surface area contributed by atoms with Crippen molar-refractivity contribution in [1.82, 2.24) is 20.3 Å². The normalized spacial score (nSPS) is 11.5. The summed E-state index contributed by atoms with van der Waals surface area (Å²) in [6, 6.07) is 11.4. The molecule has 0 saturated carbocycles. The van der Waals surface area contributed by atoms with Gasteiger partial charge in [0.05, 0.1) is 12.8 Å². The molecule has 0 saturated heterocycles. The first-order valence-corrected chi connectivity index (χ1v) is 10.0. The van der Waals surface area contributed by atoms with Gasteiger partial charge in [-0.2, -0.15) is 0 Å². The predicted molar refractivity (Wildman–Crippen MR) is 123 cm³/mol. The maximum absolute atomic E-state index is 11.9. The molecule has 3 aromatic rings. The first-order chi connectivity index (χ1) is 14.9. The third kappa shape index (κ3) is 5.28. The van der Waals surface area contributed by atoms with E-state index in [1.54, 1.807) is 32.6 Å². The molecule has 0 aliphatic rings. The fraction of sp³-hybridized carbons (Fsp3) is 0.304. The van der Waals surface area contributed by atoms with Gasteiger partial charge in [0.2, 0.25) is 0 Å². The van der Waals surface area contributed by atoms with E-state index in [9.17, 15) is 4.79 Å². The first-order valence-electron chi connectivity index (χ1n) is 10.0. The summed E-state index contributed by atoms with van der Waals surface area (Å²) in [5.41, 5.74) is 3.31. The van der Waals surface area contributed by atoms with Gasteiger partial charge in [0.1, 0.15) is 23.7 Å². The number of rotatable bonds is 8. The molecule has 0 aliphatic heterocycles. The fourth-order valence-corrected chi connectivity index (χ4v) is 3.19. The molecular formula is C23H28N6O2. The van der Waals surface area contributed by atoms with E-state index >= 15 is 0 Å². The van der Waals surface area contributed by atoms with Crippen molar-refractivity contribution in [3.63, 3.8) is 0 Å². The summed E-state index contributed by atoms with van der Waals surface area (Å²) in [5.74, 6) is 2.30. The summed E-state index contributed by atoms with van der Waals surface area (Å²) in [6.45, 7) is 2.74. The van der Waals surface area contributed by atoms with E-state index in [0.717, 1.165) is 28.5 Å². The Kier molecular flexibility index (Phi) is 7.02. The van der Waals surface area contributed by atoms with Gasteiger partial charge in [-0.15, -0.1) is 0 Å². The summed E-state index contributed by atoms with van der Waals surface area (Å²) in [4.78, 5) is 27.0. The summed E-state index contributed by atoms with van der Waals surface area (Å²) < 4.78 is 5.51. The Morgan fingerprint density at radius 2 is 1.94 bits per heavy atom. The van der Waals surface area contributed by atoms with Crippen LogP contribution in [0.25, 0.3) is 11.3 Å². The molecule has 0 aliphatic carbocycles. The third-order valence-corrected chi connectivity index (χ3v) is 5.01. The average Bonchev–Trinajstić information content (AvgIpc) is 2.81. The maximum atomic E-state index is 11.9. The number of nitrogens with zero attached hydrogens (tertiary/aromatic N) is 4. The molecule has 0 unspecified atom stereocenters. The fourth-order valence-electron chi connectivity index (χ4n) is 3.19. The topological polar surface area (TPSA) is 92.3 Å². The van der Waals surface area contributed by atoms with Crippen LogP contribution in [0.3, 0.4) is 0 Å². The second-order valence-electron chi connectivity index (χ2n) is 7.41. The maximum Gasteiger partial charge on any atom is 0.251 e. The lowest BCUT2D eigenvalue weighted by atomic mass is 9.98. The van der Waals surface area contributed by atoms with Crippen LogP contribution in [0.4, 0.5) is 11.6 Å². The molecule has 8 nitrogen and oxygen atoms in total. The average molecular weight is 421 g/mol. The quantitative estimate of drug-likeness (QED) is 0.578. The number of hydrogen-bond donors (Lipinski definition) is 2. The van der Waals surface area contributed by atoms with Crippen LogP contribution >= 0.6 is 0 Å². The molecule has 2 N–H and O–H groups in total. The lowest BCUT2D eigenvalue weighted by Crippen LogP contribution is -2.18. The highest BCUT2D eigenvalue weighted by molar-refractivity contribution is 5.94. The van der Waals surface area contributed by atoms with E-state index in [1.165, 1.54) is 0 Å². The van der Waals surface area contributed by atoms with Crippen molar-refractivity contribution in [3.05, 3.63) is 60.0 Å². The Morgan fingerprint density at radius 3 is 2.58 bits per heavy atom. The molecule has 3 rings (SSSR count). The number of amides is 1. The van der Waals surface area contributed by atoms with E-state index in [2.05, 4.69) is 32.5 Å². The van der Waals surface area contributed by atoms with E-state index in [1.807, 2.05) is 49.5 Å². The van der Waals surface area contributed by atoms with Crippen molar-refractivity contribution in [2.75, 3.05) is 45.0 Å². The van der Waals surface area contributed by atoms with Crippen molar-refractivity contribution >= 4 is 17.5 Å². The van der Waals surface area contributed by atoms with E-state index < -0.39 is 0 Å². The van der Waals surface area contributed by atoms with Crippen LogP contribution < -0.4 is 20.3 Å². The Labute approximate surface area is 182 Å². The number of aromatic nitrogens is 3. The van der Waals surface area contributed by atoms with Gasteiger partial charge in [-0.05, 0) is 29.8 Å². The SMILES string of the molecule is CNC(=O)c1ccc([C@H](C)CNc2cc(-c3ccc(N(C)C)nc3)ncn2)c(OC)c1. The Morgan fingerprint density at radius 1 is 1.13 bits per heavy atom. The van der Waals surface area contributed by atoms with Crippen LogP contribution in [0.2, 0.25) is 0 Å². The van der Waals surface area contributed by atoms with E-state index in [4.69, 9.17) is 4.74 Å². The number of pyridine rings is 1. The van der Waals surface area contributed by atoms with Gasteiger partial charge in [0, 0.05) is 57.0 Å². The Bertz CT molecular complexity index is 1040. The predicted octanol–water partition coefficient (Wildman–Crippen LogP) is 3.19. The molecule has 1 atom stereocenters. The van der Waals surface area contributed by atoms with Crippen molar-refractivity contribution in [3.8, 4) is 17.0 Å². The number of hydrogen-bond acceptors (Lipinski definition) is 7. The Hall–Kier alpha value is -3.68. The van der Waals surface area contributed by atoms with Crippen molar-refractivity contribution < 1.29 is 9.53 Å². The highest BCUT2D eigenvalue weighted by Crippen LogP contribution is 2.28. The van der Waals surface area contributed by atoms with Crippen LogP contribution in [0.5, 0.6) is 5.75 Å². The molecule has 8 heteroatoms.